The Balaban J connectivity index is 1.66. The number of benzene rings is 1. The number of pyridine rings is 1. The molecule has 1 N–H and O–H groups in total. The topological polar surface area (TPSA) is 68.5 Å². The molecule has 1 aromatic heterocycles. The van der Waals surface area contributed by atoms with Crippen LogP contribution in [-0.2, 0) is 29.1 Å². The molecular weight excluding hydrogens is 386 g/mol. The molecule has 0 saturated heterocycles. The van der Waals surface area contributed by atoms with Crippen LogP contribution in [0.3, 0.4) is 0 Å². The van der Waals surface area contributed by atoms with Crippen LogP contribution in [0.15, 0.2) is 51.7 Å². The molecule has 0 saturated carbocycles. The van der Waals surface area contributed by atoms with E-state index in [1.165, 1.54) is 11.1 Å². The summed E-state index contributed by atoms with van der Waals surface area (Å²) in [6.07, 6.45) is 6.42. The van der Waals surface area contributed by atoms with E-state index in [1.807, 2.05) is 12.1 Å². The molecule has 1 aromatic carbocycles. The Labute approximate surface area is 172 Å². The lowest BCUT2D eigenvalue weighted by Crippen LogP contribution is -2.34. The zero-order chi connectivity index (χ0) is 20.2. The summed E-state index contributed by atoms with van der Waals surface area (Å²) in [6.45, 7) is 2.12. The van der Waals surface area contributed by atoms with Crippen LogP contribution < -0.4 is 5.56 Å². The Bertz CT molecular complexity index is 1160. The Morgan fingerprint density at radius 3 is 2.93 bits per heavy atom. The molecular formula is C23H21NO4S. The first-order chi connectivity index (χ1) is 14.0. The van der Waals surface area contributed by atoms with Crippen molar-refractivity contribution in [3.05, 3.63) is 74.7 Å². The van der Waals surface area contributed by atoms with Gasteiger partial charge in [-0.1, -0.05) is 49.0 Å². The van der Waals surface area contributed by atoms with Gasteiger partial charge in [-0.25, -0.2) is 4.79 Å². The number of allylic oxidation sites excluding steroid dienone is 3. The molecule has 0 radical (unpaired) electrons. The largest absolute Gasteiger partial charge is 0.458 e. The SMILES string of the molecule is CC[C@]1(O)Sc2cc3n(c(=O)c2COC1=O)CC1=Cc2ccccc2CCC=C13. The molecule has 1 aliphatic carbocycles. The van der Waals surface area contributed by atoms with Crippen molar-refractivity contribution < 1.29 is 14.6 Å². The van der Waals surface area contributed by atoms with Gasteiger partial charge in [0.1, 0.15) is 6.61 Å². The monoisotopic (exact) mass is 407 g/mol. The van der Waals surface area contributed by atoms with Crippen molar-refractivity contribution in [2.24, 2.45) is 0 Å². The zero-order valence-electron chi connectivity index (χ0n) is 16.1. The molecule has 0 fully saturated rings. The maximum atomic E-state index is 13.2. The first-order valence-electron chi connectivity index (χ1n) is 9.85. The van der Waals surface area contributed by atoms with Crippen LogP contribution in [0.4, 0.5) is 0 Å². The van der Waals surface area contributed by atoms with E-state index >= 15 is 0 Å². The van der Waals surface area contributed by atoms with Crippen molar-refractivity contribution in [1.29, 1.82) is 0 Å². The van der Waals surface area contributed by atoms with Gasteiger partial charge < -0.3 is 14.4 Å². The summed E-state index contributed by atoms with van der Waals surface area (Å²) in [5.74, 6) is -0.687. The second-order valence-corrected chi connectivity index (χ2v) is 8.92. The van der Waals surface area contributed by atoms with Gasteiger partial charge in [0.2, 0.25) is 4.93 Å². The summed E-state index contributed by atoms with van der Waals surface area (Å²) in [5, 5.41) is 10.7. The van der Waals surface area contributed by atoms with E-state index in [9.17, 15) is 14.7 Å². The third kappa shape index (κ3) is 2.90. The number of cyclic esters (lactones) is 1. The second-order valence-electron chi connectivity index (χ2n) is 7.60. The molecule has 29 heavy (non-hydrogen) atoms. The number of esters is 1. The van der Waals surface area contributed by atoms with Crippen molar-refractivity contribution in [3.8, 4) is 0 Å². The Morgan fingerprint density at radius 2 is 2.10 bits per heavy atom. The van der Waals surface area contributed by atoms with E-state index in [0.29, 0.717) is 17.0 Å². The second kappa shape index (κ2) is 6.75. The van der Waals surface area contributed by atoms with Gasteiger partial charge in [0.15, 0.2) is 0 Å². The summed E-state index contributed by atoms with van der Waals surface area (Å²) >= 11 is 1.03. The first-order valence-corrected chi connectivity index (χ1v) is 10.7. The molecule has 2 aliphatic heterocycles. The molecule has 148 valence electrons. The van der Waals surface area contributed by atoms with Crippen molar-refractivity contribution >= 4 is 29.4 Å². The van der Waals surface area contributed by atoms with E-state index in [4.69, 9.17) is 4.74 Å². The van der Waals surface area contributed by atoms with Gasteiger partial charge in [-0.05, 0) is 53.7 Å². The van der Waals surface area contributed by atoms with Crippen LogP contribution in [0.2, 0.25) is 0 Å². The standard InChI is InChI=1S/C23H21NO4S/c1-2-23(27)22(26)28-13-18-20(29-23)11-19-17-9-5-8-14-6-3-4-7-15(14)10-16(17)12-24(19)21(18)25/h3-4,6-7,9-11,27H,2,5,8,12-13H2,1H3/t23-/m0/s1. The lowest BCUT2D eigenvalue weighted by Gasteiger charge is -2.21. The van der Waals surface area contributed by atoms with Gasteiger partial charge in [-0.2, -0.15) is 0 Å². The number of hydrogen-bond donors (Lipinski definition) is 1. The quantitative estimate of drug-likeness (QED) is 0.733. The summed E-state index contributed by atoms with van der Waals surface area (Å²) in [6, 6.07) is 10.3. The summed E-state index contributed by atoms with van der Waals surface area (Å²) in [4.78, 5) is 24.4. The predicted octanol–water partition coefficient (Wildman–Crippen LogP) is 3.52. The fourth-order valence-electron chi connectivity index (χ4n) is 4.20. The van der Waals surface area contributed by atoms with Gasteiger partial charge in [0.05, 0.1) is 17.8 Å². The highest BCUT2D eigenvalue weighted by atomic mass is 32.2. The lowest BCUT2D eigenvalue weighted by atomic mass is 9.94. The number of thioether (sulfide) groups is 1. The smallest absolute Gasteiger partial charge is 0.349 e. The number of ether oxygens (including phenoxy) is 1. The summed E-state index contributed by atoms with van der Waals surface area (Å²) in [7, 11) is 0. The van der Waals surface area contributed by atoms with Crippen LogP contribution in [0.25, 0.3) is 11.6 Å². The molecule has 6 heteroatoms. The minimum atomic E-state index is -1.66. The number of fused-ring (bicyclic) bond motifs is 5. The molecule has 0 bridgehead atoms. The number of rotatable bonds is 1. The summed E-state index contributed by atoms with van der Waals surface area (Å²) in [5.41, 5.74) is 5.81. The average Bonchev–Trinajstić information content (AvgIpc) is 2.96. The fourth-order valence-corrected chi connectivity index (χ4v) is 5.29. The molecule has 0 spiro atoms. The van der Waals surface area contributed by atoms with Gasteiger partial charge in [-0.15, -0.1) is 0 Å². The third-order valence-corrected chi connectivity index (χ3v) is 7.26. The number of aromatic nitrogens is 1. The number of carbonyl (C=O) groups excluding carboxylic acids is 1. The highest BCUT2D eigenvalue weighted by Gasteiger charge is 2.41. The number of aliphatic hydroxyl groups is 1. The van der Waals surface area contributed by atoms with Gasteiger partial charge >= 0.3 is 5.97 Å². The summed E-state index contributed by atoms with van der Waals surface area (Å²) < 4.78 is 6.99. The highest BCUT2D eigenvalue weighted by Crippen LogP contribution is 2.42. The van der Waals surface area contributed by atoms with Crippen molar-refractivity contribution in [1.82, 2.24) is 4.57 Å². The Morgan fingerprint density at radius 1 is 1.28 bits per heavy atom. The maximum absolute atomic E-state index is 13.2. The third-order valence-electron chi connectivity index (χ3n) is 5.88. The maximum Gasteiger partial charge on any atom is 0.349 e. The van der Waals surface area contributed by atoms with E-state index in [2.05, 4.69) is 30.4 Å². The van der Waals surface area contributed by atoms with Crippen molar-refractivity contribution in [2.75, 3.05) is 0 Å². The molecule has 5 rings (SSSR count). The minimum Gasteiger partial charge on any atom is -0.458 e. The van der Waals surface area contributed by atoms with Crippen LogP contribution in [-0.4, -0.2) is 20.6 Å². The Hall–Kier alpha value is -2.57. The molecule has 0 amide bonds. The van der Waals surface area contributed by atoms with Crippen LogP contribution in [0, 0.1) is 0 Å². The number of carbonyl (C=O) groups is 1. The van der Waals surface area contributed by atoms with Gasteiger partial charge in [-0.3, -0.25) is 4.79 Å². The molecule has 2 aromatic rings. The number of hydrogen-bond acceptors (Lipinski definition) is 5. The predicted molar refractivity (Wildman–Crippen MR) is 112 cm³/mol. The highest BCUT2D eigenvalue weighted by molar-refractivity contribution is 8.01. The lowest BCUT2D eigenvalue weighted by molar-refractivity contribution is -0.157. The van der Waals surface area contributed by atoms with Gasteiger partial charge in [0, 0.05) is 4.90 Å². The average molecular weight is 407 g/mol. The number of nitrogens with zero attached hydrogens (tertiary/aromatic N) is 1. The Kier molecular flexibility index (Phi) is 4.29. The van der Waals surface area contributed by atoms with Crippen LogP contribution in [0.1, 0.15) is 42.1 Å². The molecule has 3 aliphatic rings. The van der Waals surface area contributed by atoms with E-state index in [0.717, 1.165) is 41.4 Å². The van der Waals surface area contributed by atoms with E-state index < -0.39 is 10.9 Å². The normalized spacial score (nSPS) is 22.6. The first kappa shape index (κ1) is 18.5. The van der Waals surface area contributed by atoms with E-state index in [-0.39, 0.29) is 18.6 Å². The molecule has 1 atom stereocenters. The molecule has 3 heterocycles. The van der Waals surface area contributed by atoms with Crippen LogP contribution >= 0.6 is 11.8 Å². The molecule has 5 nitrogen and oxygen atoms in total. The van der Waals surface area contributed by atoms with Crippen molar-refractivity contribution in [3.63, 3.8) is 0 Å². The van der Waals surface area contributed by atoms with E-state index in [1.54, 1.807) is 11.5 Å². The van der Waals surface area contributed by atoms with Gasteiger partial charge in [0.25, 0.3) is 5.56 Å². The van der Waals surface area contributed by atoms with Crippen molar-refractivity contribution in [2.45, 2.75) is 49.2 Å². The fraction of sp³-hybridized carbons (Fsp3) is 0.304. The van der Waals surface area contributed by atoms with Crippen LogP contribution in [0.5, 0.6) is 0 Å². The zero-order valence-corrected chi connectivity index (χ0v) is 16.9. The molecule has 0 unspecified atom stereocenters. The number of aryl methyl sites for hydroxylation is 1. The minimum absolute atomic E-state index is 0.108.